The number of benzene rings is 2. The third-order valence-electron chi connectivity index (χ3n) is 5.02. The topological polar surface area (TPSA) is 40.5 Å². The molecule has 2 aliphatic carbocycles. The molecule has 2 aromatic rings. The van der Waals surface area contributed by atoms with Gasteiger partial charge in [0.15, 0.2) is 0 Å². The lowest BCUT2D eigenvalue weighted by Gasteiger charge is -2.27. The molecule has 0 heterocycles. The van der Waals surface area contributed by atoms with E-state index in [1.54, 1.807) is 0 Å². The first-order chi connectivity index (χ1) is 9.03. The van der Waals surface area contributed by atoms with Crippen LogP contribution in [0, 0.1) is 3.57 Å². The molecule has 1 saturated carbocycles. The van der Waals surface area contributed by atoms with Crippen molar-refractivity contribution in [1.82, 2.24) is 0 Å². The van der Waals surface area contributed by atoms with Gasteiger partial charge in [-0.05, 0) is 59.3 Å². The Balaban J connectivity index is 2.22. The summed E-state index contributed by atoms with van der Waals surface area (Å²) in [5, 5.41) is 23.0. The lowest BCUT2D eigenvalue weighted by atomic mass is 9.79. The van der Waals surface area contributed by atoms with Crippen LogP contribution in [0.2, 0.25) is 0 Å². The van der Waals surface area contributed by atoms with Gasteiger partial charge in [-0.25, -0.2) is 0 Å². The highest BCUT2D eigenvalue weighted by Gasteiger charge is 2.49. The van der Waals surface area contributed by atoms with E-state index in [-0.39, 0.29) is 5.41 Å². The first kappa shape index (κ1) is 11.8. The summed E-state index contributed by atoms with van der Waals surface area (Å²) in [5.41, 5.74) is 2.08. The molecule has 1 fully saturated rings. The van der Waals surface area contributed by atoms with Crippen LogP contribution in [0.4, 0.5) is 0 Å². The first-order valence-corrected chi connectivity index (χ1v) is 7.77. The molecule has 98 valence electrons. The minimum Gasteiger partial charge on any atom is -0.507 e. The molecule has 19 heavy (non-hydrogen) atoms. The van der Waals surface area contributed by atoms with Gasteiger partial charge >= 0.3 is 0 Å². The number of phenols is 2. The maximum atomic E-state index is 10.7. The van der Waals surface area contributed by atoms with Crippen molar-refractivity contribution in [3.63, 3.8) is 0 Å². The van der Waals surface area contributed by atoms with E-state index in [4.69, 9.17) is 0 Å². The van der Waals surface area contributed by atoms with Crippen LogP contribution in [0.25, 0.3) is 10.8 Å². The van der Waals surface area contributed by atoms with Crippen LogP contribution in [0.1, 0.15) is 43.2 Å². The average molecular weight is 366 g/mol. The second-order valence-corrected chi connectivity index (χ2v) is 7.31. The Bertz CT molecular complexity index is 722. The summed E-state index contributed by atoms with van der Waals surface area (Å²) < 4.78 is 0.999. The number of hydrogen-bond acceptors (Lipinski definition) is 2. The van der Waals surface area contributed by atoms with Crippen molar-refractivity contribution in [1.29, 1.82) is 0 Å². The number of hydrogen-bond donors (Lipinski definition) is 2. The molecule has 2 atom stereocenters. The van der Waals surface area contributed by atoms with Crippen LogP contribution in [-0.2, 0) is 5.41 Å². The van der Waals surface area contributed by atoms with Gasteiger partial charge in [0.05, 0.1) is 0 Å². The van der Waals surface area contributed by atoms with Gasteiger partial charge in [0, 0.05) is 25.5 Å². The fourth-order valence-electron chi connectivity index (χ4n) is 4.20. The monoisotopic (exact) mass is 366 g/mol. The fraction of sp³-hybridized carbons (Fsp3) is 0.375. The van der Waals surface area contributed by atoms with Gasteiger partial charge < -0.3 is 10.2 Å². The average Bonchev–Trinajstić information content (AvgIpc) is 2.89. The van der Waals surface area contributed by atoms with Crippen molar-refractivity contribution in [2.24, 2.45) is 0 Å². The summed E-state index contributed by atoms with van der Waals surface area (Å²) in [6, 6.07) is 5.82. The second kappa shape index (κ2) is 3.57. The summed E-state index contributed by atoms with van der Waals surface area (Å²) in [6.45, 7) is 2.22. The largest absolute Gasteiger partial charge is 0.507 e. The molecule has 2 aliphatic rings. The molecular weight excluding hydrogens is 351 g/mol. The molecule has 2 bridgehead atoms. The maximum absolute atomic E-state index is 10.7. The van der Waals surface area contributed by atoms with Gasteiger partial charge in [0.2, 0.25) is 0 Å². The Morgan fingerprint density at radius 2 is 2.05 bits per heavy atom. The lowest BCUT2D eigenvalue weighted by Crippen LogP contribution is -2.16. The lowest BCUT2D eigenvalue weighted by molar-refractivity contribution is 0.427. The van der Waals surface area contributed by atoms with Gasteiger partial charge in [-0.2, -0.15) is 0 Å². The minimum absolute atomic E-state index is 0.0526. The van der Waals surface area contributed by atoms with Gasteiger partial charge in [-0.15, -0.1) is 0 Å². The number of fused-ring (bicyclic) bond motifs is 6. The zero-order valence-corrected chi connectivity index (χ0v) is 12.9. The van der Waals surface area contributed by atoms with Gasteiger partial charge in [0.1, 0.15) is 11.5 Å². The molecule has 0 saturated heterocycles. The number of phenolic OH excluding ortho intramolecular Hbond substituents is 2. The molecule has 0 spiro atoms. The Hall–Kier alpha value is -0.970. The van der Waals surface area contributed by atoms with Crippen molar-refractivity contribution in [3.05, 3.63) is 32.9 Å². The standard InChI is InChI=1S/C16H15IO2/c1-16-6-5-8(7-16)11-13(16)14(18)9-3-2-4-10(17)12(9)15(11)19/h2-4,8,18-19H,5-7H2,1H3. The van der Waals surface area contributed by atoms with E-state index >= 15 is 0 Å². The Labute approximate surface area is 125 Å². The number of rotatable bonds is 0. The van der Waals surface area contributed by atoms with Crippen molar-refractivity contribution in [3.8, 4) is 11.5 Å². The highest BCUT2D eigenvalue weighted by molar-refractivity contribution is 14.1. The summed E-state index contributed by atoms with van der Waals surface area (Å²) in [5.74, 6) is 1.22. The van der Waals surface area contributed by atoms with Gasteiger partial charge in [-0.3, -0.25) is 0 Å². The van der Waals surface area contributed by atoms with Crippen molar-refractivity contribution in [2.45, 2.75) is 37.5 Å². The molecule has 3 heteroatoms. The summed E-state index contributed by atoms with van der Waals surface area (Å²) in [7, 11) is 0. The van der Waals surface area contributed by atoms with Crippen molar-refractivity contribution in [2.75, 3.05) is 0 Å². The van der Waals surface area contributed by atoms with Crippen LogP contribution >= 0.6 is 22.6 Å². The minimum atomic E-state index is 0.0526. The molecule has 2 N–H and O–H groups in total. The van der Waals surface area contributed by atoms with Crippen LogP contribution in [0.5, 0.6) is 11.5 Å². The SMILES string of the molecule is CC12CCC(C1)c1c2c(O)c2cccc(I)c2c1O. The molecule has 0 radical (unpaired) electrons. The highest BCUT2D eigenvalue weighted by atomic mass is 127. The summed E-state index contributed by atoms with van der Waals surface area (Å²) >= 11 is 2.23. The number of halogens is 1. The molecule has 2 aromatic carbocycles. The third-order valence-corrected chi connectivity index (χ3v) is 5.92. The third kappa shape index (κ3) is 1.32. The van der Waals surface area contributed by atoms with Crippen molar-refractivity contribution >= 4 is 33.4 Å². The smallest absolute Gasteiger partial charge is 0.128 e. The first-order valence-electron chi connectivity index (χ1n) is 6.69. The molecule has 0 aromatic heterocycles. The second-order valence-electron chi connectivity index (χ2n) is 6.15. The molecular formula is C16H15IO2. The molecule has 0 amide bonds. The summed E-state index contributed by atoms with van der Waals surface area (Å²) in [4.78, 5) is 0. The Morgan fingerprint density at radius 1 is 1.26 bits per heavy atom. The van der Waals surface area contributed by atoms with E-state index in [1.807, 2.05) is 18.2 Å². The Kier molecular flexibility index (Phi) is 2.22. The zero-order valence-electron chi connectivity index (χ0n) is 10.7. The van der Waals surface area contributed by atoms with E-state index in [0.717, 1.165) is 44.7 Å². The predicted molar refractivity (Wildman–Crippen MR) is 83.9 cm³/mol. The van der Waals surface area contributed by atoms with Gasteiger partial charge in [-0.1, -0.05) is 19.1 Å². The normalized spacial score (nSPS) is 28.0. The van der Waals surface area contributed by atoms with Crippen LogP contribution < -0.4 is 0 Å². The van der Waals surface area contributed by atoms with Crippen molar-refractivity contribution < 1.29 is 10.2 Å². The molecule has 0 aliphatic heterocycles. The molecule has 4 rings (SSSR count). The molecule has 2 unspecified atom stereocenters. The quantitative estimate of drug-likeness (QED) is 0.536. The van der Waals surface area contributed by atoms with E-state index in [0.29, 0.717) is 17.4 Å². The Morgan fingerprint density at radius 3 is 2.84 bits per heavy atom. The predicted octanol–water partition coefficient (Wildman–Crippen LogP) is 4.39. The van der Waals surface area contributed by atoms with E-state index in [2.05, 4.69) is 29.5 Å². The number of aromatic hydroxyl groups is 2. The maximum Gasteiger partial charge on any atom is 0.128 e. The van der Waals surface area contributed by atoms with Crippen LogP contribution in [0.3, 0.4) is 0 Å². The van der Waals surface area contributed by atoms with Crippen LogP contribution in [0.15, 0.2) is 18.2 Å². The van der Waals surface area contributed by atoms with E-state index in [9.17, 15) is 10.2 Å². The van der Waals surface area contributed by atoms with E-state index in [1.165, 1.54) is 0 Å². The van der Waals surface area contributed by atoms with Gasteiger partial charge in [0.25, 0.3) is 0 Å². The summed E-state index contributed by atoms with van der Waals surface area (Å²) in [6.07, 6.45) is 3.31. The fourth-order valence-corrected chi connectivity index (χ4v) is 4.95. The molecule has 2 nitrogen and oxygen atoms in total. The van der Waals surface area contributed by atoms with E-state index < -0.39 is 0 Å². The van der Waals surface area contributed by atoms with Crippen LogP contribution in [-0.4, -0.2) is 10.2 Å². The highest BCUT2D eigenvalue weighted by Crippen LogP contribution is 2.63. The zero-order chi connectivity index (χ0) is 13.4.